The first-order chi connectivity index (χ1) is 18.2. The van der Waals surface area contributed by atoms with Gasteiger partial charge in [0.1, 0.15) is 5.76 Å². The molecular weight excluding hydrogens is 567 g/mol. The summed E-state index contributed by atoms with van der Waals surface area (Å²) in [7, 11) is 0. The number of aryl methyl sites for hydroxylation is 2. The van der Waals surface area contributed by atoms with E-state index in [0.29, 0.717) is 23.8 Å². The maximum atomic E-state index is 13.6. The number of aromatic nitrogens is 2. The second-order valence-corrected chi connectivity index (χ2v) is 11.7. The third-order valence-electron chi connectivity index (χ3n) is 6.63. The Kier molecular flexibility index (Phi) is 9.28. The standard InChI is InChI=1S/C27H33AsN4O5S/c1-15(2)24(23-9-16(3)31-37-23)27(35)32-13-20(33)11-21(32)26(34)29-12-19-6-5-18(10-22(19)36-8-7-28)25-17(4)30-14-38-25/h5-6,9-10,14-15,20-21,24,33H,7-8,11-13H2,1-4H3,(H,29,34)/t20-,21+,24-/m1/s1. The first-order valence-electron chi connectivity index (χ1n) is 12.7. The molecule has 11 heteroatoms. The molecule has 0 spiro atoms. The van der Waals surface area contributed by atoms with Crippen molar-refractivity contribution >= 4 is 40.0 Å². The summed E-state index contributed by atoms with van der Waals surface area (Å²) in [5.41, 5.74) is 5.31. The van der Waals surface area contributed by atoms with E-state index in [1.54, 1.807) is 24.3 Å². The van der Waals surface area contributed by atoms with Crippen LogP contribution in [0.3, 0.4) is 0 Å². The molecule has 1 fully saturated rings. The Bertz CT molecular complexity index is 1280. The quantitative estimate of drug-likeness (QED) is 0.343. The van der Waals surface area contributed by atoms with Crippen molar-refractivity contribution in [2.24, 2.45) is 5.92 Å². The number of ether oxygens (including phenoxy) is 1. The average Bonchev–Trinajstić information content (AvgIpc) is 3.61. The zero-order chi connectivity index (χ0) is 27.4. The molecule has 2 radical (unpaired) electrons. The molecular formula is C27H33AsN4O5S. The predicted octanol–water partition coefficient (Wildman–Crippen LogP) is 3.40. The molecule has 9 nitrogen and oxygen atoms in total. The Hall–Kier alpha value is -2.68. The number of benzene rings is 1. The molecule has 0 unspecified atom stereocenters. The van der Waals surface area contributed by atoms with E-state index in [2.05, 4.69) is 32.3 Å². The number of β-amino-alcohol motifs (C(OH)–C–C–N with tert-alkyl or cyclic N) is 1. The fourth-order valence-corrected chi connectivity index (χ4v) is 5.75. The summed E-state index contributed by atoms with van der Waals surface area (Å²) < 4.78 is 11.4. The first-order valence-corrected chi connectivity index (χ1v) is 14.9. The van der Waals surface area contributed by atoms with Crippen molar-refractivity contribution in [1.82, 2.24) is 20.4 Å². The number of nitrogens with one attached hydrogen (secondary N) is 1. The number of thiazole rings is 1. The Labute approximate surface area is 235 Å². The van der Waals surface area contributed by atoms with E-state index in [1.165, 1.54) is 4.90 Å². The second-order valence-electron chi connectivity index (χ2n) is 9.87. The van der Waals surface area contributed by atoms with E-state index in [0.717, 1.165) is 26.9 Å². The Morgan fingerprint density at radius 2 is 2.11 bits per heavy atom. The van der Waals surface area contributed by atoms with Gasteiger partial charge < -0.3 is 4.52 Å². The number of amides is 2. The number of hydrogen-bond acceptors (Lipinski definition) is 8. The number of nitrogens with zero attached hydrogens (tertiary/aromatic N) is 3. The van der Waals surface area contributed by atoms with Gasteiger partial charge >= 0.3 is 182 Å². The van der Waals surface area contributed by atoms with Gasteiger partial charge in [-0.15, -0.1) is 0 Å². The molecule has 1 aliphatic heterocycles. The maximum absolute atomic E-state index is 13.6. The van der Waals surface area contributed by atoms with Crippen LogP contribution in [0.5, 0.6) is 5.75 Å². The minimum Gasteiger partial charge on any atom is -0.360 e. The summed E-state index contributed by atoms with van der Waals surface area (Å²) in [4.78, 5) is 33.8. The van der Waals surface area contributed by atoms with E-state index in [-0.39, 0.29) is 37.2 Å². The van der Waals surface area contributed by atoms with Gasteiger partial charge in [-0.25, -0.2) is 0 Å². The molecule has 2 aromatic heterocycles. The average molecular weight is 601 g/mol. The monoisotopic (exact) mass is 600 g/mol. The number of carbonyl (C=O) groups excluding carboxylic acids is 2. The van der Waals surface area contributed by atoms with Crippen LogP contribution in [0.2, 0.25) is 5.21 Å². The van der Waals surface area contributed by atoms with Gasteiger partial charge in [0.15, 0.2) is 0 Å². The van der Waals surface area contributed by atoms with Crippen LogP contribution in [0, 0.1) is 19.8 Å². The molecule has 2 N–H and O–H groups in total. The van der Waals surface area contributed by atoms with E-state index in [4.69, 9.17) is 9.26 Å². The van der Waals surface area contributed by atoms with Gasteiger partial charge in [-0.05, 0) is 12.8 Å². The number of likely N-dealkylation sites (tertiary alicyclic amines) is 1. The van der Waals surface area contributed by atoms with Gasteiger partial charge in [-0.3, -0.25) is 0 Å². The van der Waals surface area contributed by atoms with Crippen molar-refractivity contribution in [1.29, 1.82) is 0 Å². The Morgan fingerprint density at radius 1 is 1.32 bits per heavy atom. The molecule has 1 aliphatic rings. The minimum atomic E-state index is -0.779. The van der Waals surface area contributed by atoms with Crippen molar-refractivity contribution in [2.45, 2.75) is 63.9 Å². The molecule has 1 saturated heterocycles. The molecule has 0 bridgehead atoms. The van der Waals surface area contributed by atoms with Gasteiger partial charge in [-0.2, -0.15) is 0 Å². The van der Waals surface area contributed by atoms with Crippen LogP contribution in [0.1, 0.15) is 48.9 Å². The van der Waals surface area contributed by atoms with Crippen molar-refractivity contribution in [3.05, 3.63) is 52.5 Å². The smallest absolute Gasteiger partial charge is 0.0281 e. The Balaban J connectivity index is 1.50. The molecule has 202 valence electrons. The summed E-state index contributed by atoms with van der Waals surface area (Å²) in [6.07, 6.45) is -0.596. The summed E-state index contributed by atoms with van der Waals surface area (Å²) in [5.74, 6) is -0.0630. The zero-order valence-electron chi connectivity index (χ0n) is 22.0. The van der Waals surface area contributed by atoms with Crippen LogP contribution in [-0.2, 0) is 16.1 Å². The number of rotatable bonds is 10. The van der Waals surface area contributed by atoms with Crippen molar-refractivity contribution in [3.8, 4) is 16.2 Å². The van der Waals surface area contributed by atoms with Crippen LogP contribution < -0.4 is 10.1 Å². The fraction of sp³-hybridized carbons (Fsp3) is 0.481. The molecule has 0 saturated carbocycles. The number of aliphatic hydroxyl groups is 1. The maximum Gasteiger partial charge on any atom is -0.0281 e. The Morgan fingerprint density at radius 3 is 2.74 bits per heavy atom. The molecule has 1 aromatic carbocycles. The molecule has 2 amide bonds. The summed E-state index contributed by atoms with van der Waals surface area (Å²) in [5, 5.41) is 18.1. The van der Waals surface area contributed by atoms with Crippen LogP contribution >= 0.6 is 11.3 Å². The van der Waals surface area contributed by atoms with E-state index in [9.17, 15) is 14.7 Å². The summed E-state index contributed by atoms with van der Waals surface area (Å²) in [6, 6.07) is 6.89. The van der Waals surface area contributed by atoms with Crippen LogP contribution in [-0.4, -0.2) is 74.1 Å². The van der Waals surface area contributed by atoms with Gasteiger partial charge in [0.25, 0.3) is 0 Å². The molecule has 3 heterocycles. The normalized spacial score (nSPS) is 18.1. The zero-order valence-corrected chi connectivity index (χ0v) is 24.7. The van der Waals surface area contributed by atoms with Crippen molar-refractivity contribution in [2.75, 3.05) is 13.2 Å². The SMILES string of the molecule is Cc1cc([C@H](C(=O)N2C[C@H](O)C[C@H]2C(=O)NCc2ccc(-c3scnc3C)cc2OCC[As])C(C)C)on1. The van der Waals surface area contributed by atoms with E-state index < -0.39 is 18.1 Å². The van der Waals surface area contributed by atoms with Crippen LogP contribution in [0.15, 0.2) is 34.3 Å². The number of hydrogen-bond donors (Lipinski definition) is 2. The van der Waals surface area contributed by atoms with Crippen molar-refractivity contribution < 1.29 is 24.0 Å². The van der Waals surface area contributed by atoms with E-state index in [1.807, 2.05) is 44.5 Å². The molecule has 3 atom stereocenters. The van der Waals surface area contributed by atoms with Gasteiger partial charge in [0.05, 0.1) is 5.69 Å². The largest absolute Gasteiger partial charge is 0.360 e. The second kappa shape index (κ2) is 12.4. The summed E-state index contributed by atoms with van der Waals surface area (Å²) in [6.45, 7) is 8.48. The topological polar surface area (TPSA) is 118 Å². The predicted molar refractivity (Wildman–Crippen MR) is 145 cm³/mol. The molecule has 3 aromatic rings. The van der Waals surface area contributed by atoms with Gasteiger partial charge in [0.2, 0.25) is 0 Å². The van der Waals surface area contributed by atoms with Gasteiger partial charge in [-0.1, -0.05) is 19.0 Å². The molecule has 4 rings (SSSR count). The third-order valence-corrected chi connectivity index (χ3v) is 7.99. The van der Waals surface area contributed by atoms with Gasteiger partial charge in [0, 0.05) is 6.07 Å². The third kappa shape index (κ3) is 6.30. The summed E-state index contributed by atoms with van der Waals surface area (Å²) >= 11 is 4.07. The first kappa shape index (κ1) is 28.3. The van der Waals surface area contributed by atoms with Crippen LogP contribution in [0.25, 0.3) is 10.4 Å². The van der Waals surface area contributed by atoms with E-state index >= 15 is 0 Å². The fourth-order valence-electron chi connectivity index (χ4n) is 4.76. The number of carbonyl (C=O) groups is 2. The van der Waals surface area contributed by atoms with Crippen LogP contribution in [0.4, 0.5) is 0 Å². The van der Waals surface area contributed by atoms with Crippen molar-refractivity contribution in [3.63, 3.8) is 0 Å². The number of aliphatic hydroxyl groups excluding tert-OH is 1. The molecule has 38 heavy (non-hydrogen) atoms. The minimum absolute atomic E-state index is 0.0751. The molecule has 0 aliphatic carbocycles.